The second kappa shape index (κ2) is 4.35. The number of hydrogen-bond donors (Lipinski definition) is 1. The fourth-order valence-electron chi connectivity index (χ4n) is 1.11. The highest BCUT2D eigenvalue weighted by atomic mass is 14.9. The Morgan fingerprint density at radius 2 is 2.30 bits per heavy atom. The molecule has 0 aromatic rings. The summed E-state index contributed by atoms with van der Waals surface area (Å²) in [4.78, 5) is 0. The molecule has 0 unspecified atom stereocenters. The Balaban J connectivity index is 1.81. The molecule has 1 fully saturated rings. The van der Waals surface area contributed by atoms with Gasteiger partial charge in [0.25, 0.3) is 0 Å². The van der Waals surface area contributed by atoms with Gasteiger partial charge in [0.2, 0.25) is 0 Å². The van der Waals surface area contributed by atoms with Crippen LogP contribution in [0.25, 0.3) is 0 Å². The Kier molecular flexibility index (Phi) is 3.32. The van der Waals surface area contributed by atoms with Gasteiger partial charge in [-0.3, -0.25) is 0 Å². The van der Waals surface area contributed by atoms with Gasteiger partial charge in [-0.1, -0.05) is 6.42 Å². The summed E-state index contributed by atoms with van der Waals surface area (Å²) in [5.41, 5.74) is 0. The van der Waals surface area contributed by atoms with Gasteiger partial charge in [-0.05, 0) is 25.8 Å². The van der Waals surface area contributed by atoms with E-state index in [4.69, 9.17) is 6.42 Å². The molecule has 10 heavy (non-hydrogen) atoms. The minimum absolute atomic E-state index is 0.817. The molecule has 56 valence electrons. The van der Waals surface area contributed by atoms with Crippen molar-refractivity contribution in [2.24, 2.45) is 0 Å². The molecule has 1 aliphatic rings. The first-order valence-electron chi connectivity index (χ1n) is 4.10. The minimum Gasteiger partial charge on any atom is -0.314 e. The smallest absolute Gasteiger partial charge is 0.00981 e. The Labute approximate surface area is 63.2 Å². The van der Waals surface area contributed by atoms with Crippen molar-refractivity contribution in [3.05, 3.63) is 0 Å². The van der Waals surface area contributed by atoms with Crippen molar-refractivity contribution in [3.8, 4) is 12.3 Å². The van der Waals surface area contributed by atoms with Gasteiger partial charge in [-0.25, -0.2) is 0 Å². The normalized spacial score (nSPS) is 17.9. The molecular formula is C9H15N. The molecule has 0 aromatic carbocycles. The zero-order valence-corrected chi connectivity index (χ0v) is 6.40. The topological polar surface area (TPSA) is 12.0 Å². The van der Waals surface area contributed by atoms with Crippen LogP contribution in [0.15, 0.2) is 0 Å². The zero-order valence-electron chi connectivity index (χ0n) is 6.40. The van der Waals surface area contributed by atoms with Crippen molar-refractivity contribution >= 4 is 0 Å². The summed E-state index contributed by atoms with van der Waals surface area (Å²) in [5, 5.41) is 3.46. The SMILES string of the molecule is C#CCCCNC1CCC1. The molecule has 0 amide bonds. The third kappa shape index (κ3) is 2.41. The number of terminal acetylenes is 1. The van der Waals surface area contributed by atoms with Crippen molar-refractivity contribution in [2.75, 3.05) is 6.54 Å². The maximum Gasteiger partial charge on any atom is 0.00981 e. The van der Waals surface area contributed by atoms with Crippen molar-refractivity contribution < 1.29 is 0 Å². The molecule has 0 radical (unpaired) electrons. The van der Waals surface area contributed by atoms with Gasteiger partial charge in [-0.15, -0.1) is 12.3 Å². The molecule has 1 aliphatic carbocycles. The first-order valence-corrected chi connectivity index (χ1v) is 4.10. The fourth-order valence-corrected chi connectivity index (χ4v) is 1.11. The molecule has 0 aromatic heterocycles. The Morgan fingerprint density at radius 1 is 1.50 bits per heavy atom. The van der Waals surface area contributed by atoms with E-state index in [2.05, 4.69) is 11.2 Å². The standard InChI is InChI=1S/C9H15N/c1-2-3-4-8-10-9-6-5-7-9/h1,9-10H,3-8H2. The third-order valence-corrected chi connectivity index (χ3v) is 2.04. The van der Waals surface area contributed by atoms with Crippen LogP contribution in [-0.2, 0) is 0 Å². The molecule has 1 rings (SSSR count). The summed E-state index contributed by atoms with van der Waals surface area (Å²) in [6.07, 6.45) is 11.3. The van der Waals surface area contributed by atoms with Crippen LogP contribution in [0.5, 0.6) is 0 Å². The predicted octanol–water partition coefficient (Wildman–Crippen LogP) is 1.54. The lowest BCUT2D eigenvalue weighted by Gasteiger charge is -2.26. The molecule has 0 atom stereocenters. The summed E-state index contributed by atoms with van der Waals surface area (Å²) in [5.74, 6) is 2.64. The fraction of sp³-hybridized carbons (Fsp3) is 0.778. The highest BCUT2D eigenvalue weighted by Crippen LogP contribution is 2.17. The summed E-state index contributed by atoms with van der Waals surface area (Å²) in [6, 6.07) is 0.817. The lowest BCUT2D eigenvalue weighted by Crippen LogP contribution is -2.35. The van der Waals surface area contributed by atoms with Gasteiger partial charge in [0, 0.05) is 12.5 Å². The van der Waals surface area contributed by atoms with Gasteiger partial charge in [0.1, 0.15) is 0 Å². The predicted molar refractivity (Wildman–Crippen MR) is 43.7 cm³/mol. The molecule has 0 heterocycles. The Morgan fingerprint density at radius 3 is 2.80 bits per heavy atom. The number of unbranched alkanes of at least 4 members (excludes halogenated alkanes) is 1. The van der Waals surface area contributed by atoms with Crippen LogP contribution < -0.4 is 5.32 Å². The van der Waals surface area contributed by atoms with Crippen LogP contribution in [-0.4, -0.2) is 12.6 Å². The van der Waals surface area contributed by atoms with E-state index >= 15 is 0 Å². The maximum atomic E-state index is 5.11. The molecule has 1 heteroatoms. The molecule has 0 saturated heterocycles. The van der Waals surface area contributed by atoms with Crippen LogP contribution in [0, 0.1) is 12.3 Å². The summed E-state index contributed by atoms with van der Waals surface area (Å²) in [7, 11) is 0. The van der Waals surface area contributed by atoms with Gasteiger partial charge in [-0.2, -0.15) is 0 Å². The highest BCUT2D eigenvalue weighted by Gasteiger charge is 2.15. The molecule has 0 aliphatic heterocycles. The monoisotopic (exact) mass is 137 g/mol. The second-order valence-electron chi connectivity index (χ2n) is 2.89. The highest BCUT2D eigenvalue weighted by molar-refractivity contribution is 4.84. The van der Waals surface area contributed by atoms with E-state index in [1.54, 1.807) is 0 Å². The van der Waals surface area contributed by atoms with E-state index in [9.17, 15) is 0 Å². The van der Waals surface area contributed by atoms with Crippen LogP contribution in [0.4, 0.5) is 0 Å². The second-order valence-corrected chi connectivity index (χ2v) is 2.89. The molecular weight excluding hydrogens is 122 g/mol. The molecule has 1 saturated carbocycles. The van der Waals surface area contributed by atoms with Gasteiger partial charge >= 0.3 is 0 Å². The lowest BCUT2D eigenvalue weighted by molar-refractivity contribution is 0.339. The molecule has 1 nitrogen and oxygen atoms in total. The van der Waals surface area contributed by atoms with Crippen LogP contribution in [0.1, 0.15) is 32.1 Å². The van der Waals surface area contributed by atoms with Gasteiger partial charge in [0.05, 0.1) is 0 Å². The van der Waals surface area contributed by atoms with Crippen LogP contribution in [0.3, 0.4) is 0 Å². The van der Waals surface area contributed by atoms with E-state index in [0.29, 0.717) is 0 Å². The summed E-state index contributed by atoms with van der Waals surface area (Å²) < 4.78 is 0. The quantitative estimate of drug-likeness (QED) is 0.458. The maximum absolute atomic E-state index is 5.11. The first-order chi connectivity index (χ1) is 4.93. The largest absolute Gasteiger partial charge is 0.314 e. The Hall–Kier alpha value is -0.480. The average molecular weight is 137 g/mol. The minimum atomic E-state index is 0.817. The summed E-state index contributed by atoms with van der Waals surface area (Å²) in [6.45, 7) is 1.11. The van der Waals surface area contributed by atoms with Crippen LogP contribution >= 0.6 is 0 Å². The van der Waals surface area contributed by atoms with E-state index in [1.165, 1.54) is 19.3 Å². The average Bonchev–Trinajstić information content (AvgIpc) is 1.84. The van der Waals surface area contributed by atoms with E-state index < -0.39 is 0 Å². The van der Waals surface area contributed by atoms with Crippen molar-refractivity contribution in [1.82, 2.24) is 5.32 Å². The number of nitrogens with one attached hydrogen (secondary N) is 1. The number of rotatable bonds is 4. The van der Waals surface area contributed by atoms with Crippen molar-refractivity contribution in [3.63, 3.8) is 0 Å². The van der Waals surface area contributed by atoms with Crippen molar-refractivity contribution in [1.29, 1.82) is 0 Å². The number of hydrogen-bond acceptors (Lipinski definition) is 1. The third-order valence-electron chi connectivity index (χ3n) is 2.04. The lowest BCUT2D eigenvalue weighted by atomic mass is 9.93. The molecule has 1 N–H and O–H groups in total. The molecule has 0 bridgehead atoms. The first kappa shape index (κ1) is 7.63. The Bertz CT molecular complexity index is 119. The molecule has 0 spiro atoms. The zero-order chi connectivity index (χ0) is 7.23. The van der Waals surface area contributed by atoms with Crippen LogP contribution in [0.2, 0.25) is 0 Å². The van der Waals surface area contributed by atoms with E-state index in [1.807, 2.05) is 0 Å². The van der Waals surface area contributed by atoms with Gasteiger partial charge in [0.15, 0.2) is 0 Å². The summed E-state index contributed by atoms with van der Waals surface area (Å²) >= 11 is 0. The van der Waals surface area contributed by atoms with E-state index in [0.717, 1.165) is 25.4 Å². The van der Waals surface area contributed by atoms with Crippen molar-refractivity contribution in [2.45, 2.75) is 38.1 Å². The van der Waals surface area contributed by atoms with E-state index in [-0.39, 0.29) is 0 Å². The van der Waals surface area contributed by atoms with Gasteiger partial charge < -0.3 is 5.32 Å².